The molecular formula is C15H19NO6. The van der Waals surface area contributed by atoms with Crippen molar-refractivity contribution in [2.75, 3.05) is 0 Å². The summed E-state index contributed by atoms with van der Waals surface area (Å²) in [5.41, 5.74) is 1.00. The first-order valence-electron chi connectivity index (χ1n) is 7.02. The van der Waals surface area contributed by atoms with E-state index in [2.05, 4.69) is 4.98 Å². The lowest BCUT2D eigenvalue weighted by Crippen LogP contribution is -2.35. The number of carbonyl (C=O) groups excluding carboxylic acids is 2. The van der Waals surface area contributed by atoms with Crippen molar-refractivity contribution in [1.29, 1.82) is 0 Å². The number of hydrogen-bond donors (Lipinski definition) is 2. The molecule has 22 heavy (non-hydrogen) atoms. The van der Waals surface area contributed by atoms with Gasteiger partial charge in [-0.15, -0.1) is 0 Å². The van der Waals surface area contributed by atoms with Crippen LogP contribution in [0.15, 0.2) is 6.07 Å². The second-order valence-corrected chi connectivity index (χ2v) is 5.81. The Morgan fingerprint density at radius 3 is 2.23 bits per heavy atom. The molecule has 0 aliphatic heterocycles. The fourth-order valence-corrected chi connectivity index (χ4v) is 2.96. The molecular weight excluding hydrogens is 290 g/mol. The van der Waals surface area contributed by atoms with E-state index >= 15 is 0 Å². The van der Waals surface area contributed by atoms with Gasteiger partial charge in [0, 0.05) is 20.3 Å². The van der Waals surface area contributed by atoms with Crippen molar-refractivity contribution in [3.63, 3.8) is 0 Å². The first-order valence-corrected chi connectivity index (χ1v) is 7.02. The van der Waals surface area contributed by atoms with E-state index in [4.69, 9.17) is 14.6 Å². The normalized spacial score (nSPS) is 18.9. The van der Waals surface area contributed by atoms with E-state index in [-0.39, 0.29) is 24.0 Å². The number of aromatic nitrogens is 1. The number of rotatable bonds is 4. The van der Waals surface area contributed by atoms with E-state index in [1.807, 2.05) is 13.8 Å². The van der Waals surface area contributed by atoms with Crippen LogP contribution in [0.25, 0.3) is 0 Å². The monoisotopic (exact) mass is 309 g/mol. The molecule has 2 N–H and O–H groups in total. The molecule has 1 unspecified atom stereocenters. The highest BCUT2D eigenvalue weighted by molar-refractivity contribution is 5.86. The summed E-state index contributed by atoms with van der Waals surface area (Å²) in [6.45, 7) is 6.38. The van der Waals surface area contributed by atoms with Gasteiger partial charge in [-0.2, -0.15) is 0 Å². The molecule has 1 atom stereocenters. The van der Waals surface area contributed by atoms with Gasteiger partial charge in [0.05, 0.1) is 0 Å². The van der Waals surface area contributed by atoms with Crippen LogP contribution in [-0.4, -0.2) is 28.0 Å². The van der Waals surface area contributed by atoms with E-state index in [0.717, 1.165) is 0 Å². The molecule has 0 aromatic carbocycles. The summed E-state index contributed by atoms with van der Waals surface area (Å²) < 4.78 is 10.6. The number of carboxylic acid groups (broad SMARTS) is 1. The van der Waals surface area contributed by atoms with E-state index in [9.17, 15) is 14.4 Å². The molecule has 0 spiro atoms. The number of aromatic carboxylic acids is 1. The molecule has 0 bridgehead atoms. The zero-order chi connectivity index (χ0) is 16.7. The van der Waals surface area contributed by atoms with Gasteiger partial charge in [-0.1, -0.05) is 13.8 Å². The number of carboxylic acids is 1. The van der Waals surface area contributed by atoms with Crippen LogP contribution in [0.4, 0.5) is 0 Å². The number of aromatic amines is 1. The molecule has 1 aliphatic carbocycles. The third-order valence-corrected chi connectivity index (χ3v) is 3.77. The average molecular weight is 309 g/mol. The first-order chi connectivity index (χ1) is 10.2. The van der Waals surface area contributed by atoms with Gasteiger partial charge >= 0.3 is 17.9 Å². The second kappa shape index (κ2) is 5.47. The van der Waals surface area contributed by atoms with Crippen LogP contribution in [0.3, 0.4) is 0 Å². The molecule has 0 saturated heterocycles. The highest BCUT2D eigenvalue weighted by Crippen LogP contribution is 2.50. The van der Waals surface area contributed by atoms with Crippen molar-refractivity contribution in [2.45, 2.75) is 45.8 Å². The SMILES string of the molecule is CC(=O)OC1(OC(C)=O)CC(C(C)C)c2cc(C(=O)O)[nH]c21. The number of nitrogens with one attached hydrogen (secondary N) is 1. The van der Waals surface area contributed by atoms with E-state index in [1.165, 1.54) is 19.9 Å². The van der Waals surface area contributed by atoms with Gasteiger partial charge < -0.3 is 19.6 Å². The summed E-state index contributed by atoms with van der Waals surface area (Å²) in [5, 5.41) is 9.15. The quantitative estimate of drug-likeness (QED) is 0.652. The topological polar surface area (TPSA) is 106 Å². The molecule has 0 fully saturated rings. The third kappa shape index (κ3) is 2.70. The van der Waals surface area contributed by atoms with Crippen molar-refractivity contribution in [2.24, 2.45) is 5.92 Å². The number of hydrogen-bond acceptors (Lipinski definition) is 5. The fraction of sp³-hybridized carbons (Fsp3) is 0.533. The Balaban J connectivity index is 2.58. The summed E-state index contributed by atoms with van der Waals surface area (Å²) >= 11 is 0. The Morgan fingerprint density at radius 1 is 1.27 bits per heavy atom. The van der Waals surface area contributed by atoms with Crippen molar-refractivity contribution < 1.29 is 29.0 Å². The summed E-state index contributed by atoms with van der Waals surface area (Å²) in [4.78, 5) is 36.9. The Bertz CT molecular complexity index is 614. The van der Waals surface area contributed by atoms with E-state index in [1.54, 1.807) is 0 Å². The average Bonchev–Trinajstić information content (AvgIpc) is 2.88. The highest BCUT2D eigenvalue weighted by atomic mass is 16.7. The van der Waals surface area contributed by atoms with Crippen LogP contribution in [0, 0.1) is 5.92 Å². The Kier molecular flexibility index (Phi) is 4.00. The Morgan fingerprint density at radius 2 is 1.82 bits per heavy atom. The molecule has 1 aromatic rings. The molecule has 1 heterocycles. The van der Waals surface area contributed by atoms with Crippen LogP contribution in [0.5, 0.6) is 0 Å². The van der Waals surface area contributed by atoms with Crippen LogP contribution in [0.2, 0.25) is 0 Å². The van der Waals surface area contributed by atoms with E-state index < -0.39 is 23.7 Å². The maximum Gasteiger partial charge on any atom is 0.352 e. The van der Waals surface area contributed by atoms with Gasteiger partial charge in [0.25, 0.3) is 5.79 Å². The van der Waals surface area contributed by atoms with Crippen molar-refractivity contribution in [3.05, 3.63) is 23.0 Å². The minimum absolute atomic E-state index is 0.0287. The predicted molar refractivity (Wildman–Crippen MR) is 75.2 cm³/mol. The first kappa shape index (κ1) is 16.1. The Labute approximate surface area is 127 Å². The summed E-state index contributed by atoms with van der Waals surface area (Å²) in [6, 6.07) is 1.51. The number of esters is 2. The molecule has 0 radical (unpaired) electrons. The largest absolute Gasteiger partial charge is 0.477 e. The lowest BCUT2D eigenvalue weighted by Gasteiger charge is -2.29. The number of H-pyrrole nitrogens is 1. The molecule has 7 heteroatoms. The second-order valence-electron chi connectivity index (χ2n) is 5.81. The minimum atomic E-state index is -1.59. The van der Waals surface area contributed by atoms with E-state index in [0.29, 0.717) is 11.3 Å². The van der Waals surface area contributed by atoms with Crippen molar-refractivity contribution in [3.8, 4) is 0 Å². The molecule has 0 saturated carbocycles. The molecule has 2 rings (SSSR count). The maximum absolute atomic E-state index is 11.5. The van der Waals surface area contributed by atoms with Gasteiger partial charge in [-0.3, -0.25) is 9.59 Å². The van der Waals surface area contributed by atoms with Crippen LogP contribution in [-0.2, 0) is 24.8 Å². The zero-order valence-corrected chi connectivity index (χ0v) is 12.9. The standard InChI is InChI=1S/C15H19NO6/c1-7(2)11-6-15(21-8(3)17,22-9(4)18)13-10(11)5-12(16-13)14(19)20/h5,7,11,16H,6H2,1-4H3,(H,19,20). The van der Waals surface area contributed by atoms with Gasteiger partial charge in [0.1, 0.15) is 11.4 Å². The summed E-state index contributed by atoms with van der Waals surface area (Å²) in [6.07, 6.45) is 0.269. The van der Waals surface area contributed by atoms with Gasteiger partial charge in [-0.25, -0.2) is 4.79 Å². The lowest BCUT2D eigenvalue weighted by molar-refractivity contribution is -0.234. The maximum atomic E-state index is 11.5. The van der Waals surface area contributed by atoms with Gasteiger partial charge in [0.2, 0.25) is 0 Å². The van der Waals surface area contributed by atoms with Crippen LogP contribution < -0.4 is 0 Å². The smallest absolute Gasteiger partial charge is 0.352 e. The number of fused-ring (bicyclic) bond motifs is 1. The number of ether oxygens (including phenoxy) is 2. The molecule has 1 aromatic heterocycles. The van der Waals surface area contributed by atoms with Gasteiger partial charge in [0.15, 0.2) is 0 Å². The van der Waals surface area contributed by atoms with Crippen molar-refractivity contribution in [1.82, 2.24) is 4.98 Å². The lowest BCUT2D eigenvalue weighted by atomic mass is 9.90. The fourth-order valence-electron chi connectivity index (χ4n) is 2.96. The molecule has 120 valence electrons. The molecule has 1 aliphatic rings. The Hall–Kier alpha value is -2.31. The number of carbonyl (C=O) groups is 3. The predicted octanol–water partition coefficient (Wildman–Crippen LogP) is 2.14. The highest BCUT2D eigenvalue weighted by Gasteiger charge is 2.52. The third-order valence-electron chi connectivity index (χ3n) is 3.77. The van der Waals surface area contributed by atoms with Gasteiger partial charge in [-0.05, 0) is 23.5 Å². The molecule has 0 amide bonds. The summed E-state index contributed by atoms with van der Waals surface area (Å²) in [7, 11) is 0. The summed E-state index contributed by atoms with van der Waals surface area (Å²) in [5.74, 6) is -3.86. The zero-order valence-electron chi connectivity index (χ0n) is 12.9. The molecule has 7 nitrogen and oxygen atoms in total. The van der Waals surface area contributed by atoms with Crippen molar-refractivity contribution >= 4 is 17.9 Å². The van der Waals surface area contributed by atoms with Crippen LogP contribution >= 0.6 is 0 Å². The van der Waals surface area contributed by atoms with Crippen LogP contribution in [0.1, 0.15) is 61.8 Å². The minimum Gasteiger partial charge on any atom is -0.477 e.